The van der Waals surface area contributed by atoms with Crippen LogP contribution >= 0.6 is 0 Å². The first-order chi connectivity index (χ1) is 7.42. The minimum Gasteiger partial charge on any atom is -0.309 e. The summed E-state index contributed by atoms with van der Waals surface area (Å²) in [4.78, 5) is 10.4. The van der Waals surface area contributed by atoms with E-state index < -0.39 is 0 Å². The minimum atomic E-state index is -0.339. The Labute approximate surface area is 94.8 Å². The van der Waals surface area contributed by atoms with E-state index >= 15 is 0 Å². The molecule has 0 aliphatic carbocycles. The van der Waals surface area contributed by atoms with E-state index in [1.165, 1.54) is 5.56 Å². The van der Waals surface area contributed by atoms with Crippen LogP contribution in [0.3, 0.4) is 0 Å². The molecule has 2 rings (SSSR count). The molecule has 0 aromatic heterocycles. The molecule has 4 nitrogen and oxygen atoms in total. The molecule has 1 heterocycles. The molecule has 0 saturated heterocycles. The zero-order valence-electron chi connectivity index (χ0n) is 9.78. The van der Waals surface area contributed by atoms with Gasteiger partial charge in [-0.25, -0.2) is 0 Å². The lowest BCUT2D eigenvalue weighted by molar-refractivity contribution is -0.385. The number of hydrogen-bond donors (Lipinski definition) is 1. The monoisotopic (exact) mass is 220 g/mol. The summed E-state index contributed by atoms with van der Waals surface area (Å²) in [6.07, 6.45) is 0. The predicted molar refractivity (Wildman–Crippen MR) is 62.5 cm³/mol. The molecule has 1 atom stereocenters. The molecule has 86 valence electrons. The lowest BCUT2D eigenvalue weighted by Gasteiger charge is -2.36. The van der Waals surface area contributed by atoms with Crippen molar-refractivity contribution in [3.05, 3.63) is 39.4 Å². The van der Waals surface area contributed by atoms with Crippen molar-refractivity contribution in [2.75, 3.05) is 6.54 Å². The van der Waals surface area contributed by atoms with Gasteiger partial charge in [-0.15, -0.1) is 0 Å². The van der Waals surface area contributed by atoms with Gasteiger partial charge in [0.25, 0.3) is 5.69 Å². The molecule has 1 aromatic rings. The molecule has 16 heavy (non-hydrogen) atoms. The topological polar surface area (TPSA) is 55.2 Å². The first-order valence-electron chi connectivity index (χ1n) is 5.44. The summed E-state index contributed by atoms with van der Waals surface area (Å²) in [7, 11) is 0. The fraction of sp³-hybridized carbons (Fsp3) is 0.500. The quantitative estimate of drug-likeness (QED) is 0.584. The smallest absolute Gasteiger partial charge is 0.269 e. The van der Waals surface area contributed by atoms with Gasteiger partial charge in [0.15, 0.2) is 0 Å². The van der Waals surface area contributed by atoms with Crippen molar-refractivity contribution in [1.82, 2.24) is 5.32 Å². The molecule has 1 unspecified atom stereocenters. The summed E-state index contributed by atoms with van der Waals surface area (Å²) in [6, 6.07) is 5.36. The average Bonchev–Trinajstić information content (AvgIpc) is 2.23. The number of fused-ring (bicyclic) bond motifs is 1. The number of nitro groups is 1. The van der Waals surface area contributed by atoms with Crippen molar-refractivity contribution in [2.24, 2.45) is 0 Å². The molecular formula is C12H16N2O2. The second-order valence-corrected chi connectivity index (χ2v) is 5.02. The SMILES string of the molecule is CC1NCC(C)(C)c2ccc([N+](=O)[O-])cc21. The van der Waals surface area contributed by atoms with Crippen molar-refractivity contribution in [3.63, 3.8) is 0 Å². The van der Waals surface area contributed by atoms with Crippen LogP contribution in [0.5, 0.6) is 0 Å². The van der Waals surface area contributed by atoms with E-state index in [9.17, 15) is 10.1 Å². The van der Waals surface area contributed by atoms with Crippen LogP contribution in [0.4, 0.5) is 5.69 Å². The van der Waals surface area contributed by atoms with E-state index in [1.54, 1.807) is 12.1 Å². The molecule has 4 heteroatoms. The van der Waals surface area contributed by atoms with Gasteiger partial charge in [0.05, 0.1) is 4.92 Å². The lowest BCUT2D eigenvalue weighted by Crippen LogP contribution is -2.40. The number of nitro benzene ring substituents is 1. The van der Waals surface area contributed by atoms with Gasteiger partial charge in [0.1, 0.15) is 0 Å². The Kier molecular flexibility index (Phi) is 2.46. The van der Waals surface area contributed by atoms with Crippen LogP contribution in [0.25, 0.3) is 0 Å². The number of benzene rings is 1. The summed E-state index contributed by atoms with van der Waals surface area (Å²) in [5, 5.41) is 14.1. The highest BCUT2D eigenvalue weighted by atomic mass is 16.6. The second kappa shape index (κ2) is 3.56. The van der Waals surface area contributed by atoms with Gasteiger partial charge in [0, 0.05) is 30.1 Å². The van der Waals surface area contributed by atoms with Crippen molar-refractivity contribution >= 4 is 5.69 Å². The summed E-state index contributed by atoms with van der Waals surface area (Å²) >= 11 is 0. The molecule has 1 aromatic carbocycles. The fourth-order valence-electron chi connectivity index (χ4n) is 2.25. The third kappa shape index (κ3) is 1.69. The summed E-state index contributed by atoms with van der Waals surface area (Å²) in [5.74, 6) is 0. The Morgan fingerprint density at radius 3 is 2.81 bits per heavy atom. The molecule has 0 amide bonds. The summed E-state index contributed by atoms with van der Waals surface area (Å²) < 4.78 is 0. The van der Waals surface area contributed by atoms with Crippen molar-refractivity contribution in [1.29, 1.82) is 0 Å². The Hall–Kier alpha value is -1.42. The van der Waals surface area contributed by atoms with Crippen LogP contribution in [0.2, 0.25) is 0 Å². The van der Waals surface area contributed by atoms with Crippen molar-refractivity contribution in [2.45, 2.75) is 32.2 Å². The van der Waals surface area contributed by atoms with Gasteiger partial charge in [-0.1, -0.05) is 19.9 Å². The third-order valence-corrected chi connectivity index (χ3v) is 3.29. The maximum Gasteiger partial charge on any atom is 0.269 e. The van der Waals surface area contributed by atoms with Crippen LogP contribution in [0, 0.1) is 10.1 Å². The second-order valence-electron chi connectivity index (χ2n) is 5.02. The lowest BCUT2D eigenvalue weighted by atomic mass is 9.77. The molecule has 1 aliphatic rings. The van der Waals surface area contributed by atoms with E-state index in [4.69, 9.17) is 0 Å². The van der Waals surface area contributed by atoms with E-state index in [0.29, 0.717) is 0 Å². The molecule has 0 bridgehead atoms. The summed E-state index contributed by atoms with van der Waals surface area (Å²) in [5.41, 5.74) is 2.47. The van der Waals surface area contributed by atoms with E-state index in [-0.39, 0.29) is 22.1 Å². The van der Waals surface area contributed by atoms with Gasteiger partial charge >= 0.3 is 0 Å². The predicted octanol–water partition coefficient (Wildman–Crippen LogP) is 2.54. The van der Waals surface area contributed by atoms with E-state index in [1.807, 2.05) is 13.0 Å². The van der Waals surface area contributed by atoms with Gasteiger partial charge in [-0.3, -0.25) is 10.1 Å². The van der Waals surface area contributed by atoms with Gasteiger partial charge in [0.2, 0.25) is 0 Å². The van der Waals surface area contributed by atoms with E-state index in [0.717, 1.165) is 12.1 Å². The summed E-state index contributed by atoms with van der Waals surface area (Å²) in [6.45, 7) is 7.24. The molecule has 1 aliphatic heterocycles. The first-order valence-corrected chi connectivity index (χ1v) is 5.44. The molecule has 1 N–H and O–H groups in total. The first kappa shape index (κ1) is 11.1. The fourth-order valence-corrected chi connectivity index (χ4v) is 2.25. The number of nitrogens with one attached hydrogen (secondary N) is 1. The number of hydrogen-bond acceptors (Lipinski definition) is 3. The molecule has 0 saturated carbocycles. The van der Waals surface area contributed by atoms with Crippen molar-refractivity contribution in [3.8, 4) is 0 Å². The van der Waals surface area contributed by atoms with Crippen molar-refractivity contribution < 1.29 is 4.92 Å². The van der Waals surface area contributed by atoms with E-state index in [2.05, 4.69) is 19.2 Å². The van der Waals surface area contributed by atoms with Gasteiger partial charge < -0.3 is 5.32 Å². The van der Waals surface area contributed by atoms with Gasteiger partial charge in [-0.2, -0.15) is 0 Å². The molecule has 0 spiro atoms. The maximum atomic E-state index is 10.7. The third-order valence-electron chi connectivity index (χ3n) is 3.29. The number of rotatable bonds is 1. The minimum absolute atomic E-state index is 0.0387. The zero-order chi connectivity index (χ0) is 11.9. The highest BCUT2D eigenvalue weighted by Gasteiger charge is 2.31. The van der Waals surface area contributed by atoms with Crippen LogP contribution < -0.4 is 5.32 Å². The molecular weight excluding hydrogens is 204 g/mol. The Morgan fingerprint density at radius 1 is 1.50 bits per heavy atom. The zero-order valence-corrected chi connectivity index (χ0v) is 9.78. The Morgan fingerprint density at radius 2 is 2.19 bits per heavy atom. The molecule has 0 fully saturated rings. The normalized spacial score (nSPS) is 22.6. The molecule has 0 radical (unpaired) electrons. The number of non-ortho nitro benzene ring substituents is 1. The van der Waals surface area contributed by atoms with Crippen LogP contribution in [0.1, 0.15) is 37.9 Å². The van der Waals surface area contributed by atoms with Crippen LogP contribution in [-0.4, -0.2) is 11.5 Å². The van der Waals surface area contributed by atoms with Crippen LogP contribution in [-0.2, 0) is 5.41 Å². The van der Waals surface area contributed by atoms with Gasteiger partial charge in [-0.05, 0) is 18.1 Å². The average molecular weight is 220 g/mol. The standard InChI is InChI=1S/C12H16N2O2/c1-8-10-6-9(14(15)16)4-5-11(10)12(2,3)7-13-8/h4-6,8,13H,7H2,1-3H3. The Balaban J connectivity index is 2.56. The van der Waals surface area contributed by atoms with Crippen LogP contribution in [0.15, 0.2) is 18.2 Å². The number of nitrogens with zero attached hydrogens (tertiary/aromatic N) is 1. The Bertz CT molecular complexity index is 441. The highest BCUT2D eigenvalue weighted by molar-refractivity contribution is 5.46. The highest BCUT2D eigenvalue weighted by Crippen LogP contribution is 2.35. The largest absolute Gasteiger partial charge is 0.309 e. The maximum absolute atomic E-state index is 10.7.